The van der Waals surface area contributed by atoms with Crippen molar-refractivity contribution < 1.29 is 19.2 Å². The number of hydrogen-bond acceptors (Lipinski definition) is 6. The van der Waals surface area contributed by atoms with E-state index >= 15 is 0 Å². The van der Waals surface area contributed by atoms with Crippen LogP contribution in [0.2, 0.25) is 0 Å². The van der Waals surface area contributed by atoms with Gasteiger partial charge in [-0.3, -0.25) is 29.4 Å². The number of piperidine rings is 2. The van der Waals surface area contributed by atoms with Crippen LogP contribution in [0.1, 0.15) is 78.1 Å². The van der Waals surface area contributed by atoms with E-state index in [0.29, 0.717) is 35.8 Å². The second-order valence-corrected chi connectivity index (χ2v) is 9.82. The number of rotatable bonds is 6. The van der Waals surface area contributed by atoms with E-state index in [1.165, 1.54) is 25.7 Å². The second-order valence-electron chi connectivity index (χ2n) is 9.82. The van der Waals surface area contributed by atoms with Gasteiger partial charge in [-0.2, -0.15) is 0 Å². The van der Waals surface area contributed by atoms with Crippen molar-refractivity contribution in [1.29, 1.82) is 0 Å². The minimum Gasteiger partial charge on any atom is -0.311 e. The van der Waals surface area contributed by atoms with Gasteiger partial charge in [-0.15, -0.1) is 0 Å². The van der Waals surface area contributed by atoms with E-state index in [-0.39, 0.29) is 18.7 Å². The van der Waals surface area contributed by atoms with Crippen LogP contribution in [0, 0.1) is 5.92 Å². The first-order chi connectivity index (χ1) is 15.4. The largest absolute Gasteiger partial charge is 0.311 e. The molecule has 4 unspecified atom stereocenters. The van der Waals surface area contributed by atoms with E-state index in [9.17, 15) is 19.2 Å². The first-order valence-corrected chi connectivity index (χ1v) is 11.7. The summed E-state index contributed by atoms with van der Waals surface area (Å²) in [5.41, 5.74) is 1.59. The molecule has 4 atom stereocenters. The number of amides is 4. The van der Waals surface area contributed by atoms with E-state index < -0.39 is 23.8 Å². The van der Waals surface area contributed by atoms with Crippen LogP contribution in [0.15, 0.2) is 18.2 Å². The van der Waals surface area contributed by atoms with Crippen molar-refractivity contribution in [2.45, 2.75) is 82.6 Å². The number of benzene rings is 1. The van der Waals surface area contributed by atoms with Crippen LogP contribution in [0.5, 0.6) is 0 Å². The Morgan fingerprint density at radius 2 is 1.75 bits per heavy atom. The van der Waals surface area contributed by atoms with Gasteiger partial charge in [0.2, 0.25) is 11.8 Å². The molecule has 170 valence electrons. The molecule has 32 heavy (non-hydrogen) atoms. The highest BCUT2D eigenvalue weighted by atomic mass is 16.2. The first-order valence-electron chi connectivity index (χ1n) is 11.7. The zero-order valence-electron chi connectivity index (χ0n) is 18.4. The fraction of sp³-hybridized carbons (Fsp3) is 0.583. The molecule has 0 saturated carbocycles. The van der Waals surface area contributed by atoms with Crippen LogP contribution in [0.3, 0.4) is 0 Å². The Balaban J connectivity index is 1.21. The van der Waals surface area contributed by atoms with Crippen LogP contribution in [0.4, 0.5) is 0 Å². The van der Waals surface area contributed by atoms with Crippen molar-refractivity contribution >= 4 is 23.6 Å². The van der Waals surface area contributed by atoms with Gasteiger partial charge >= 0.3 is 0 Å². The molecule has 8 nitrogen and oxygen atoms in total. The molecule has 4 aliphatic rings. The molecule has 0 spiro atoms. The third-order valence-corrected chi connectivity index (χ3v) is 7.42. The maximum absolute atomic E-state index is 13.0. The molecule has 0 radical (unpaired) electrons. The normalized spacial score (nSPS) is 30.5. The lowest BCUT2D eigenvalue weighted by atomic mass is 9.87. The van der Waals surface area contributed by atoms with Crippen molar-refractivity contribution in [1.82, 2.24) is 20.9 Å². The van der Waals surface area contributed by atoms with Crippen molar-refractivity contribution in [2.24, 2.45) is 5.92 Å². The third kappa shape index (κ3) is 3.97. The summed E-state index contributed by atoms with van der Waals surface area (Å²) in [5.74, 6) is -1.13. The average molecular weight is 439 g/mol. The molecule has 4 aliphatic heterocycles. The summed E-state index contributed by atoms with van der Waals surface area (Å²) in [5, 5.41) is 9.48. The molecule has 2 bridgehead atoms. The van der Waals surface area contributed by atoms with Crippen molar-refractivity contribution in [3.05, 3.63) is 34.9 Å². The molecule has 1 aromatic carbocycles. The van der Waals surface area contributed by atoms with Gasteiger partial charge in [-0.05, 0) is 69.1 Å². The highest BCUT2D eigenvalue weighted by Gasteiger charge is 2.44. The molecule has 3 saturated heterocycles. The first kappa shape index (κ1) is 21.3. The molecular weight excluding hydrogens is 408 g/mol. The van der Waals surface area contributed by atoms with Gasteiger partial charge in [0.25, 0.3) is 11.8 Å². The number of hydrogen-bond donors (Lipinski definition) is 3. The maximum atomic E-state index is 13.0. The smallest absolute Gasteiger partial charge is 0.262 e. The predicted molar refractivity (Wildman–Crippen MR) is 117 cm³/mol. The molecule has 0 aliphatic carbocycles. The summed E-state index contributed by atoms with van der Waals surface area (Å²) < 4.78 is 0. The minimum atomic E-state index is -0.929. The Morgan fingerprint density at radius 3 is 2.47 bits per heavy atom. The monoisotopic (exact) mass is 438 g/mol. The van der Waals surface area contributed by atoms with E-state index in [4.69, 9.17) is 0 Å². The summed E-state index contributed by atoms with van der Waals surface area (Å²) in [6.45, 7) is 2.82. The van der Waals surface area contributed by atoms with Crippen LogP contribution in [-0.4, -0.2) is 52.7 Å². The summed E-state index contributed by atoms with van der Waals surface area (Å²) >= 11 is 0. The fourth-order valence-corrected chi connectivity index (χ4v) is 5.87. The Morgan fingerprint density at radius 1 is 1.03 bits per heavy atom. The number of carbonyl (C=O) groups excluding carboxylic acids is 4. The van der Waals surface area contributed by atoms with Crippen LogP contribution in [-0.2, 0) is 16.1 Å². The Labute approximate surface area is 187 Å². The summed E-state index contributed by atoms with van der Waals surface area (Å²) in [4.78, 5) is 50.4. The van der Waals surface area contributed by atoms with E-state index in [1.54, 1.807) is 12.1 Å². The van der Waals surface area contributed by atoms with E-state index in [0.717, 1.165) is 22.8 Å². The number of carbonyl (C=O) groups is 4. The summed E-state index contributed by atoms with van der Waals surface area (Å²) in [6, 6.07) is 6.12. The highest BCUT2D eigenvalue weighted by molar-refractivity contribution is 6.23. The highest BCUT2D eigenvalue weighted by Crippen LogP contribution is 2.33. The number of imide groups is 2. The lowest BCUT2D eigenvalue weighted by Crippen LogP contribution is -2.54. The van der Waals surface area contributed by atoms with Gasteiger partial charge in [-0.1, -0.05) is 6.07 Å². The van der Waals surface area contributed by atoms with Gasteiger partial charge in [0.05, 0.1) is 11.1 Å². The minimum absolute atomic E-state index is 0.120. The fourth-order valence-electron chi connectivity index (χ4n) is 5.87. The maximum Gasteiger partial charge on any atom is 0.262 e. The summed E-state index contributed by atoms with van der Waals surface area (Å²) in [7, 11) is 0. The van der Waals surface area contributed by atoms with Crippen LogP contribution < -0.4 is 16.0 Å². The SMILES string of the molecule is CC(CC1CC2CCC(C1)N2)NCc1ccc2c(c1)C(=O)N(C1CCC(=O)NC1=O)C2=O. The number of nitrogens with zero attached hydrogens (tertiary/aromatic N) is 1. The standard InChI is InChI=1S/C24H30N4O4/c1-13(8-15-9-16-3-4-17(10-15)26-16)25-12-14-2-5-18-19(11-14)24(32)28(23(18)31)20-6-7-21(29)27-22(20)30/h2,5,11,13,15-17,20,25-26H,3-4,6-10,12H2,1H3,(H,27,29,30). The molecule has 4 heterocycles. The zero-order valence-corrected chi connectivity index (χ0v) is 18.4. The van der Waals surface area contributed by atoms with Crippen molar-refractivity contribution in [3.63, 3.8) is 0 Å². The third-order valence-electron chi connectivity index (χ3n) is 7.42. The predicted octanol–water partition coefficient (Wildman–Crippen LogP) is 1.49. The lowest BCUT2D eigenvalue weighted by Gasteiger charge is -2.31. The van der Waals surface area contributed by atoms with Crippen molar-refractivity contribution in [2.75, 3.05) is 0 Å². The second kappa shape index (κ2) is 8.41. The van der Waals surface area contributed by atoms with Crippen molar-refractivity contribution in [3.8, 4) is 0 Å². The van der Waals surface area contributed by atoms with Gasteiger partial charge in [0, 0.05) is 31.1 Å². The molecule has 1 aromatic rings. The number of nitrogens with one attached hydrogen (secondary N) is 3. The van der Waals surface area contributed by atoms with Gasteiger partial charge in [0.15, 0.2) is 0 Å². The zero-order chi connectivity index (χ0) is 22.4. The summed E-state index contributed by atoms with van der Waals surface area (Å²) in [6.07, 6.45) is 6.56. The van der Waals surface area contributed by atoms with Crippen LogP contribution >= 0.6 is 0 Å². The topological polar surface area (TPSA) is 108 Å². The van der Waals surface area contributed by atoms with E-state index in [1.807, 2.05) is 6.07 Å². The Kier molecular flexibility index (Phi) is 5.59. The number of fused-ring (bicyclic) bond motifs is 3. The van der Waals surface area contributed by atoms with Gasteiger partial charge < -0.3 is 10.6 Å². The molecule has 4 amide bonds. The molecule has 8 heteroatoms. The molecule has 3 fully saturated rings. The molecule has 5 rings (SSSR count). The van der Waals surface area contributed by atoms with Crippen LogP contribution in [0.25, 0.3) is 0 Å². The van der Waals surface area contributed by atoms with Gasteiger partial charge in [-0.25, -0.2) is 0 Å². The molecular formula is C24H30N4O4. The quantitative estimate of drug-likeness (QED) is 0.581. The lowest BCUT2D eigenvalue weighted by molar-refractivity contribution is -0.136. The molecule has 0 aromatic heterocycles. The van der Waals surface area contributed by atoms with E-state index in [2.05, 4.69) is 22.9 Å². The average Bonchev–Trinajstić information content (AvgIpc) is 3.22. The Bertz CT molecular complexity index is 965. The molecule has 3 N–H and O–H groups in total. The Hall–Kier alpha value is -2.58. The van der Waals surface area contributed by atoms with Gasteiger partial charge in [0.1, 0.15) is 6.04 Å².